The van der Waals surface area contributed by atoms with Crippen molar-refractivity contribution in [3.63, 3.8) is 0 Å². The lowest BCUT2D eigenvalue weighted by atomic mass is 10.1. The number of fused-ring (bicyclic) bond motifs is 1. The average Bonchev–Trinajstić information content (AvgIpc) is 2.80. The zero-order valence-corrected chi connectivity index (χ0v) is 14.0. The van der Waals surface area contributed by atoms with E-state index in [9.17, 15) is 8.42 Å². The van der Waals surface area contributed by atoms with Crippen LogP contribution in [-0.4, -0.2) is 30.3 Å². The second kappa shape index (κ2) is 7.40. The minimum Gasteiger partial charge on any atom is -0.335 e. The molecule has 6 heteroatoms. The molecule has 5 nitrogen and oxygen atoms in total. The van der Waals surface area contributed by atoms with E-state index in [1.54, 1.807) is 0 Å². The van der Waals surface area contributed by atoms with Crippen molar-refractivity contribution in [3.8, 4) is 0 Å². The van der Waals surface area contributed by atoms with Crippen molar-refractivity contribution in [2.24, 2.45) is 5.92 Å². The molecule has 0 saturated heterocycles. The highest BCUT2D eigenvalue weighted by Gasteiger charge is 2.16. The van der Waals surface area contributed by atoms with Crippen LogP contribution in [0.25, 0.3) is 0 Å². The number of aryl methyl sites for hydroxylation is 2. The number of hydrogen-bond donors (Lipinski definition) is 1. The molecule has 2 heterocycles. The lowest BCUT2D eigenvalue weighted by molar-refractivity contribution is 0.522. The van der Waals surface area contributed by atoms with Gasteiger partial charge in [-0.05, 0) is 25.2 Å². The number of nitrogens with one attached hydrogen (secondary N) is 1. The first-order valence-corrected chi connectivity index (χ1v) is 9.67. The average molecular weight is 313 g/mol. The topological polar surface area (TPSA) is 64.0 Å². The Kier molecular flexibility index (Phi) is 5.81. The normalized spacial score (nSPS) is 16.7. The summed E-state index contributed by atoms with van der Waals surface area (Å²) in [6.45, 7) is 5.56. The molecule has 0 amide bonds. The molecule has 0 bridgehead atoms. The lowest BCUT2D eigenvalue weighted by Gasteiger charge is -2.11. The zero-order chi connectivity index (χ0) is 15.3. The van der Waals surface area contributed by atoms with Crippen molar-refractivity contribution in [1.29, 1.82) is 0 Å². The van der Waals surface area contributed by atoms with Gasteiger partial charge in [0, 0.05) is 32.1 Å². The van der Waals surface area contributed by atoms with Crippen molar-refractivity contribution in [2.75, 3.05) is 12.3 Å². The van der Waals surface area contributed by atoms with Crippen molar-refractivity contribution >= 4 is 10.0 Å². The van der Waals surface area contributed by atoms with Gasteiger partial charge in [-0.3, -0.25) is 0 Å². The molecule has 1 N–H and O–H groups in total. The minimum atomic E-state index is -3.16. The summed E-state index contributed by atoms with van der Waals surface area (Å²) in [6, 6.07) is 0. The standard InChI is InChI=1S/C15H27N3O2S/c1-3-6-13(2)12-21(19,20)16-9-8-14-11-18-10-5-4-7-15(18)17-14/h11,13,16H,3-10,12H2,1-2H3. The van der Waals surface area contributed by atoms with Crippen molar-refractivity contribution in [1.82, 2.24) is 14.3 Å². The zero-order valence-electron chi connectivity index (χ0n) is 13.1. The predicted molar refractivity (Wildman–Crippen MR) is 84.7 cm³/mol. The number of rotatable bonds is 8. The largest absolute Gasteiger partial charge is 0.335 e. The molecule has 0 aromatic carbocycles. The quantitative estimate of drug-likeness (QED) is 0.799. The molecule has 1 aliphatic heterocycles. The summed E-state index contributed by atoms with van der Waals surface area (Å²) in [4.78, 5) is 4.59. The van der Waals surface area contributed by atoms with Crippen molar-refractivity contribution < 1.29 is 8.42 Å². The maximum Gasteiger partial charge on any atom is 0.211 e. The molecule has 1 aromatic rings. The van der Waals surface area contributed by atoms with Crippen LogP contribution in [-0.2, 0) is 29.4 Å². The van der Waals surface area contributed by atoms with Crippen LogP contribution in [0.4, 0.5) is 0 Å². The number of aromatic nitrogens is 2. The molecule has 1 atom stereocenters. The molecular weight excluding hydrogens is 286 g/mol. The van der Waals surface area contributed by atoms with Crippen LogP contribution in [0.2, 0.25) is 0 Å². The Hall–Kier alpha value is -0.880. The predicted octanol–water partition coefficient (Wildman–Crippen LogP) is 2.12. The molecular formula is C15H27N3O2S. The van der Waals surface area contributed by atoms with E-state index in [4.69, 9.17) is 0 Å². The Morgan fingerprint density at radius 1 is 1.43 bits per heavy atom. The molecule has 120 valence electrons. The summed E-state index contributed by atoms with van der Waals surface area (Å²) >= 11 is 0. The summed E-state index contributed by atoms with van der Waals surface area (Å²) in [5.74, 6) is 1.59. The molecule has 0 saturated carbocycles. The van der Waals surface area contributed by atoms with E-state index in [1.807, 2.05) is 6.92 Å². The van der Waals surface area contributed by atoms with Crippen LogP contribution >= 0.6 is 0 Å². The van der Waals surface area contributed by atoms with Gasteiger partial charge in [-0.2, -0.15) is 0 Å². The first-order chi connectivity index (χ1) is 10.00. The van der Waals surface area contributed by atoms with Crippen LogP contribution in [0.3, 0.4) is 0 Å². The van der Waals surface area contributed by atoms with E-state index in [0.29, 0.717) is 13.0 Å². The van der Waals surface area contributed by atoms with Crippen LogP contribution in [0.5, 0.6) is 0 Å². The summed E-state index contributed by atoms with van der Waals surface area (Å²) in [6.07, 6.45) is 8.18. The fourth-order valence-electron chi connectivity index (χ4n) is 2.94. The lowest BCUT2D eigenvalue weighted by Crippen LogP contribution is -2.30. The van der Waals surface area contributed by atoms with Gasteiger partial charge in [-0.25, -0.2) is 18.1 Å². The van der Waals surface area contributed by atoms with E-state index in [-0.39, 0.29) is 11.7 Å². The molecule has 21 heavy (non-hydrogen) atoms. The Balaban J connectivity index is 1.79. The van der Waals surface area contributed by atoms with Gasteiger partial charge >= 0.3 is 0 Å². The Morgan fingerprint density at radius 3 is 2.95 bits per heavy atom. The number of sulfonamides is 1. The van der Waals surface area contributed by atoms with E-state index in [2.05, 4.69) is 27.4 Å². The maximum atomic E-state index is 12.0. The van der Waals surface area contributed by atoms with Gasteiger partial charge in [-0.15, -0.1) is 0 Å². The monoisotopic (exact) mass is 313 g/mol. The molecule has 0 spiro atoms. The van der Waals surface area contributed by atoms with Crippen LogP contribution < -0.4 is 4.72 Å². The van der Waals surface area contributed by atoms with Crippen LogP contribution in [0.15, 0.2) is 6.20 Å². The summed E-state index contributed by atoms with van der Waals surface area (Å²) in [5.41, 5.74) is 0.996. The molecule has 1 aromatic heterocycles. The molecule has 1 aliphatic rings. The fraction of sp³-hybridized carbons (Fsp3) is 0.800. The van der Waals surface area contributed by atoms with E-state index >= 15 is 0 Å². The summed E-state index contributed by atoms with van der Waals surface area (Å²) < 4.78 is 28.8. The Bertz CT molecular complexity index is 528. The molecule has 0 aliphatic carbocycles. The number of imidazole rings is 1. The summed E-state index contributed by atoms with van der Waals surface area (Å²) in [5, 5.41) is 0. The third-order valence-corrected chi connectivity index (χ3v) is 5.60. The van der Waals surface area contributed by atoms with Gasteiger partial charge in [0.25, 0.3) is 0 Å². The highest BCUT2D eigenvalue weighted by molar-refractivity contribution is 7.89. The second-order valence-electron chi connectivity index (χ2n) is 6.12. The van der Waals surface area contributed by atoms with E-state index < -0.39 is 10.0 Å². The first kappa shape index (κ1) is 16.5. The van der Waals surface area contributed by atoms with Gasteiger partial charge in [0.05, 0.1) is 11.4 Å². The molecule has 0 fully saturated rings. The smallest absolute Gasteiger partial charge is 0.211 e. The highest BCUT2D eigenvalue weighted by Crippen LogP contribution is 2.14. The van der Waals surface area contributed by atoms with Gasteiger partial charge in [-0.1, -0.05) is 20.3 Å². The maximum absolute atomic E-state index is 12.0. The van der Waals surface area contributed by atoms with Gasteiger partial charge in [0.15, 0.2) is 0 Å². The molecule has 1 unspecified atom stereocenters. The highest BCUT2D eigenvalue weighted by atomic mass is 32.2. The van der Waals surface area contributed by atoms with Gasteiger partial charge in [0.1, 0.15) is 5.82 Å². The number of hydrogen-bond acceptors (Lipinski definition) is 3. The molecule has 2 rings (SSSR count). The van der Waals surface area contributed by atoms with Crippen LogP contribution in [0.1, 0.15) is 51.0 Å². The van der Waals surface area contributed by atoms with Crippen LogP contribution in [0, 0.1) is 5.92 Å². The Labute approximate surface area is 128 Å². The van der Waals surface area contributed by atoms with E-state index in [1.165, 1.54) is 12.8 Å². The second-order valence-corrected chi connectivity index (χ2v) is 7.97. The van der Waals surface area contributed by atoms with Gasteiger partial charge in [0.2, 0.25) is 10.0 Å². The fourth-order valence-corrected chi connectivity index (χ4v) is 4.38. The van der Waals surface area contributed by atoms with Crippen molar-refractivity contribution in [2.45, 2.75) is 58.9 Å². The third kappa shape index (κ3) is 5.11. The summed E-state index contributed by atoms with van der Waals surface area (Å²) in [7, 11) is -3.16. The SMILES string of the molecule is CCCC(C)CS(=O)(=O)NCCc1cn2c(n1)CCCC2. The first-order valence-electron chi connectivity index (χ1n) is 8.02. The van der Waals surface area contributed by atoms with E-state index in [0.717, 1.165) is 37.3 Å². The number of nitrogens with zero attached hydrogens (tertiary/aromatic N) is 2. The van der Waals surface area contributed by atoms with Crippen molar-refractivity contribution in [3.05, 3.63) is 17.7 Å². The Morgan fingerprint density at radius 2 is 2.24 bits per heavy atom. The molecule has 0 radical (unpaired) electrons. The van der Waals surface area contributed by atoms with Gasteiger partial charge < -0.3 is 4.57 Å². The third-order valence-electron chi connectivity index (χ3n) is 3.95. The minimum absolute atomic E-state index is 0.215.